The van der Waals surface area contributed by atoms with E-state index in [1.54, 1.807) is 12.4 Å². The smallest absolute Gasteiger partial charge is 0.159 e. The van der Waals surface area contributed by atoms with Crippen molar-refractivity contribution in [3.8, 4) is 5.75 Å². The third-order valence-electron chi connectivity index (χ3n) is 3.25. The Morgan fingerprint density at radius 1 is 1.04 bits per heavy atom. The standard InChI is InChI=1S/C17H18N6O/c1-2-24-14-8-4-3-7-13(14)23-17-15(18)16(20-11-21-17)22-12-6-5-9-19-10-12/h3-11H,2,18H2,1H3,(H2,20,21,22,23). The van der Waals surface area contributed by atoms with Gasteiger partial charge in [-0.15, -0.1) is 0 Å². The maximum Gasteiger partial charge on any atom is 0.159 e. The number of pyridine rings is 1. The van der Waals surface area contributed by atoms with Gasteiger partial charge < -0.3 is 21.1 Å². The summed E-state index contributed by atoms with van der Waals surface area (Å²) in [6.07, 6.45) is 4.84. The number of hydrogen-bond acceptors (Lipinski definition) is 7. The maximum atomic E-state index is 6.19. The van der Waals surface area contributed by atoms with Gasteiger partial charge in [0.15, 0.2) is 11.6 Å². The van der Waals surface area contributed by atoms with Crippen LogP contribution >= 0.6 is 0 Å². The highest BCUT2D eigenvalue weighted by Crippen LogP contribution is 2.31. The molecule has 7 heteroatoms. The Hall–Kier alpha value is -3.35. The molecule has 0 unspecified atom stereocenters. The van der Waals surface area contributed by atoms with Crippen LogP contribution in [-0.4, -0.2) is 21.6 Å². The van der Waals surface area contributed by atoms with E-state index < -0.39 is 0 Å². The SMILES string of the molecule is CCOc1ccccc1Nc1ncnc(Nc2cccnc2)c1N. The molecule has 2 aromatic heterocycles. The summed E-state index contributed by atoms with van der Waals surface area (Å²) >= 11 is 0. The van der Waals surface area contributed by atoms with Crippen molar-refractivity contribution >= 4 is 28.7 Å². The lowest BCUT2D eigenvalue weighted by Crippen LogP contribution is -2.06. The van der Waals surface area contributed by atoms with Gasteiger partial charge in [0.1, 0.15) is 17.8 Å². The highest BCUT2D eigenvalue weighted by atomic mass is 16.5. The summed E-state index contributed by atoms with van der Waals surface area (Å²) in [7, 11) is 0. The van der Waals surface area contributed by atoms with Gasteiger partial charge in [0.2, 0.25) is 0 Å². The third kappa shape index (κ3) is 3.52. The van der Waals surface area contributed by atoms with Crippen LogP contribution in [0.1, 0.15) is 6.92 Å². The second kappa shape index (κ2) is 7.28. The zero-order valence-corrected chi connectivity index (χ0v) is 13.2. The summed E-state index contributed by atoms with van der Waals surface area (Å²) in [5.74, 6) is 1.75. The average molecular weight is 322 g/mol. The molecule has 3 rings (SSSR count). The summed E-state index contributed by atoms with van der Waals surface area (Å²) in [6, 6.07) is 11.3. The predicted molar refractivity (Wildman–Crippen MR) is 94.9 cm³/mol. The van der Waals surface area contributed by atoms with E-state index in [-0.39, 0.29) is 0 Å². The molecule has 0 saturated carbocycles. The normalized spacial score (nSPS) is 10.2. The Bertz CT molecular complexity index is 809. The van der Waals surface area contributed by atoms with E-state index in [2.05, 4.69) is 25.6 Å². The summed E-state index contributed by atoms with van der Waals surface area (Å²) in [4.78, 5) is 12.5. The zero-order chi connectivity index (χ0) is 16.8. The Morgan fingerprint density at radius 3 is 2.58 bits per heavy atom. The van der Waals surface area contributed by atoms with Crippen LogP contribution in [0.5, 0.6) is 5.75 Å². The first-order chi connectivity index (χ1) is 11.8. The molecule has 0 amide bonds. The lowest BCUT2D eigenvalue weighted by Gasteiger charge is -2.14. The minimum Gasteiger partial charge on any atom is -0.492 e. The Labute approximate surface area is 139 Å². The van der Waals surface area contributed by atoms with Gasteiger partial charge in [0.25, 0.3) is 0 Å². The summed E-state index contributed by atoms with van der Waals surface area (Å²) < 4.78 is 5.60. The van der Waals surface area contributed by atoms with Gasteiger partial charge >= 0.3 is 0 Å². The average Bonchev–Trinajstić information content (AvgIpc) is 2.61. The first-order valence-electron chi connectivity index (χ1n) is 7.54. The number of nitrogens with zero attached hydrogens (tertiary/aromatic N) is 3. The molecule has 4 N–H and O–H groups in total. The molecule has 0 atom stereocenters. The highest BCUT2D eigenvalue weighted by molar-refractivity contribution is 5.81. The van der Waals surface area contributed by atoms with Gasteiger partial charge in [0, 0.05) is 6.20 Å². The molecule has 0 spiro atoms. The van der Waals surface area contributed by atoms with E-state index in [4.69, 9.17) is 10.5 Å². The van der Waals surface area contributed by atoms with Gasteiger partial charge in [0.05, 0.1) is 24.2 Å². The number of nitrogens with two attached hydrogens (primary N) is 1. The van der Waals surface area contributed by atoms with Crippen LogP contribution in [0.3, 0.4) is 0 Å². The fourth-order valence-electron chi connectivity index (χ4n) is 2.15. The second-order valence-corrected chi connectivity index (χ2v) is 4.91. The predicted octanol–water partition coefficient (Wildman–Crippen LogP) is 3.34. The number of nitrogens with one attached hydrogen (secondary N) is 2. The topological polar surface area (TPSA) is 98.0 Å². The van der Waals surface area contributed by atoms with Crippen molar-refractivity contribution in [1.29, 1.82) is 0 Å². The Balaban J connectivity index is 1.86. The molecule has 7 nitrogen and oxygen atoms in total. The monoisotopic (exact) mass is 322 g/mol. The molecule has 0 aliphatic carbocycles. The molecule has 0 fully saturated rings. The number of rotatable bonds is 6. The lowest BCUT2D eigenvalue weighted by atomic mass is 10.3. The van der Waals surface area contributed by atoms with Crippen LogP contribution in [-0.2, 0) is 0 Å². The first-order valence-corrected chi connectivity index (χ1v) is 7.54. The molecule has 0 saturated heterocycles. The van der Waals surface area contributed by atoms with E-state index in [9.17, 15) is 0 Å². The van der Waals surface area contributed by atoms with E-state index in [1.165, 1.54) is 6.33 Å². The third-order valence-corrected chi connectivity index (χ3v) is 3.25. The van der Waals surface area contributed by atoms with Crippen molar-refractivity contribution in [1.82, 2.24) is 15.0 Å². The fraction of sp³-hybridized carbons (Fsp3) is 0.118. The fourth-order valence-corrected chi connectivity index (χ4v) is 2.15. The molecule has 2 heterocycles. The summed E-state index contributed by atoms with van der Waals surface area (Å²) in [5.41, 5.74) is 8.19. The minimum absolute atomic E-state index is 0.410. The number of benzene rings is 1. The van der Waals surface area contributed by atoms with Crippen molar-refractivity contribution in [2.24, 2.45) is 0 Å². The molecular weight excluding hydrogens is 304 g/mol. The number of ether oxygens (including phenoxy) is 1. The van der Waals surface area contributed by atoms with Gasteiger partial charge in [-0.2, -0.15) is 0 Å². The number of nitrogen functional groups attached to an aromatic ring is 1. The van der Waals surface area contributed by atoms with Crippen LogP contribution in [0.2, 0.25) is 0 Å². The molecule has 24 heavy (non-hydrogen) atoms. The van der Waals surface area contributed by atoms with Gasteiger partial charge in [-0.3, -0.25) is 4.98 Å². The van der Waals surface area contributed by atoms with E-state index >= 15 is 0 Å². The molecule has 1 aromatic carbocycles. The van der Waals surface area contributed by atoms with Crippen LogP contribution < -0.4 is 21.1 Å². The summed E-state index contributed by atoms with van der Waals surface area (Å²) in [6.45, 7) is 2.51. The largest absolute Gasteiger partial charge is 0.492 e. The first kappa shape index (κ1) is 15.5. The van der Waals surface area contributed by atoms with Crippen molar-refractivity contribution < 1.29 is 4.74 Å². The number of aromatic nitrogens is 3. The summed E-state index contributed by atoms with van der Waals surface area (Å²) in [5, 5.41) is 6.32. The number of para-hydroxylation sites is 2. The van der Waals surface area contributed by atoms with E-state index in [0.717, 1.165) is 17.1 Å². The zero-order valence-electron chi connectivity index (χ0n) is 13.2. The van der Waals surface area contributed by atoms with E-state index in [0.29, 0.717) is 23.9 Å². The van der Waals surface area contributed by atoms with Crippen molar-refractivity contribution in [3.63, 3.8) is 0 Å². The Morgan fingerprint density at radius 2 is 1.83 bits per heavy atom. The number of anilines is 5. The molecule has 122 valence electrons. The molecular formula is C17H18N6O. The van der Waals surface area contributed by atoms with Gasteiger partial charge in [-0.05, 0) is 31.2 Å². The minimum atomic E-state index is 0.410. The quantitative estimate of drug-likeness (QED) is 0.640. The van der Waals surface area contributed by atoms with Gasteiger partial charge in [-0.1, -0.05) is 12.1 Å². The van der Waals surface area contributed by atoms with Crippen molar-refractivity contribution in [3.05, 3.63) is 55.1 Å². The second-order valence-electron chi connectivity index (χ2n) is 4.91. The van der Waals surface area contributed by atoms with Gasteiger partial charge in [-0.25, -0.2) is 9.97 Å². The van der Waals surface area contributed by atoms with Crippen LogP contribution in [0, 0.1) is 0 Å². The molecule has 0 bridgehead atoms. The molecule has 0 aliphatic heterocycles. The van der Waals surface area contributed by atoms with Crippen molar-refractivity contribution in [2.75, 3.05) is 23.0 Å². The lowest BCUT2D eigenvalue weighted by molar-refractivity contribution is 0.342. The highest BCUT2D eigenvalue weighted by Gasteiger charge is 2.11. The van der Waals surface area contributed by atoms with Crippen molar-refractivity contribution in [2.45, 2.75) is 6.92 Å². The molecule has 3 aromatic rings. The molecule has 0 radical (unpaired) electrons. The van der Waals surface area contributed by atoms with Crippen LogP contribution in [0.4, 0.5) is 28.7 Å². The van der Waals surface area contributed by atoms with E-state index in [1.807, 2.05) is 43.3 Å². The Kier molecular flexibility index (Phi) is 4.71. The van der Waals surface area contributed by atoms with Crippen LogP contribution in [0.25, 0.3) is 0 Å². The maximum absolute atomic E-state index is 6.19. The molecule has 0 aliphatic rings. The number of hydrogen-bond donors (Lipinski definition) is 3. The van der Waals surface area contributed by atoms with Crippen LogP contribution in [0.15, 0.2) is 55.1 Å².